The van der Waals surface area contributed by atoms with Crippen LogP contribution in [0.3, 0.4) is 0 Å². The molecule has 1 heterocycles. The fourth-order valence-electron chi connectivity index (χ4n) is 4.61. The summed E-state index contributed by atoms with van der Waals surface area (Å²) >= 11 is 0. The van der Waals surface area contributed by atoms with Gasteiger partial charge in [0.25, 0.3) is 0 Å². The molecule has 126 valence electrons. The number of ether oxygens (including phenoxy) is 2. The maximum atomic E-state index is 12.8. The second kappa shape index (κ2) is 7.28. The van der Waals surface area contributed by atoms with Crippen molar-refractivity contribution in [1.82, 2.24) is 4.90 Å². The molecule has 0 radical (unpaired) electrons. The monoisotopic (exact) mass is 310 g/mol. The molecule has 3 rings (SSSR count). The summed E-state index contributed by atoms with van der Waals surface area (Å²) in [5.41, 5.74) is 6.31. The third-order valence-corrected chi connectivity index (χ3v) is 5.87. The van der Waals surface area contributed by atoms with Crippen molar-refractivity contribution in [1.29, 1.82) is 0 Å². The molecule has 22 heavy (non-hydrogen) atoms. The third kappa shape index (κ3) is 3.31. The molecule has 0 aromatic rings. The van der Waals surface area contributed by atoms with Crippen molar-refractivity contribution < 1.29 is 14.3 Å². The van der Waals surface area contributed by atoms with Gasteiger partial charge in [-0.2, -0.15) is 0 Å². The molecule has 0 aromatic heterocycles. The van der Waals surface area contributed by atoms with E-state index in [-0.39, 0.29) is 12.0 Å². The van der Waals surface area contributed by atoms with Gasteiger partial charge in [-0.25, -0.2) is 0 Å². The Morgan fingerprint density at radius 1 is 1.14 bits per heavy atom. The molecule has 2 aliphatic carbocycles. The van der Waals surface area contributed by atoms with Crippen molar-refractivity contribution in [2.24, 2.45) is 23.5 Å². The van der Waals surface area contributed by atoms with E-state index >= 15 is 0 Å². The Kier molecular flexibility index (Phi) is 5.37. The molecule has 0 spiro atoms. The minimum atomic E-state index is 0.0953. The number of nitrogens with zero attached hydrogens (tertiary/aromatic N) is 1. The maximum Gasteiger partial charge on any atom is 0.227 e. The van der Waals surface area contributed by atoms with Crippen LogP contribution < -0.4 is 5.73 Å². The van der Waals surface area contributed by atoms with E-state index in [0.717, 1.165) is 45.6 Å². The van der Waals surface area contributed by atoms with Gasteiger partial charge >= 0.3 is 0 Å². The molecule has 5 heteroatoms. The number of methoxy groups -OCH3 is 1. The Labute approximate surface area is 133 Å². The number of fused-ring (bicyclic) bond motifs is 2. The van der Waals surface area contributed by atoms with E-state index in [0.29, 0.717) is 23.8 Å². The summed E-state index contributed by atoms with van der Waals surface area (Å²) in [4.78, 5) is 14.8. The Morgan fingerprint density at radius 3 is 2.50 bits per heavy atom. The average Bonchev–Trinajstić information content (AvgIpc) is 3.13. The van der Waals surface area contributed by atoms with E-state index < -0.39 is 0 Å². The van der Waals surface area contributed by atoms with Crippen LogP contribution in [-0.2, 0) is 14.3 Å². The first kappa shape index (κ1) is 16.2. The highest BCUT2D eigenvalue weighted by atomic mass is 16.5. The number of nitrogens with two attached hydrogens (primary N) is 1. The molecule has 2 N–H and O–H groups in total. The second-order valence-corrected chi connectivity index (χ2v) is 7.18. The number of carbonyl (C=O) groups is 1. The van der Waals surface area contributed by atoms with Crippen LogP contribution in [0.25, 0.3) is 0 Å². The predicted molar refractivity (Wildman–Crippen MR) is 84.3 cm³/mol. The lowest BCUT2D eigenvalue weighted by Gasteiger charge is -2.37. The lowest BCUT2D eigenvalue weighted by atomic mass is 9.83. The fourth-order valence-corrected chi connectivity index (χ4v) is 4.61. The Morgan fingerprint density at radius 2 is 1.86 bits per heavy atom. The number of likely N-dealkylation sites (tertiary alicyclic amines) is 1. The summed E-state index contributed by atoms with van der Waals surface area (Å²) < 4.78 is 10.9. The standard InChI is InChI=1S/C17H30N2O3/c1-21-9-2-10-22-14-5-7-19(8-6-14)17(20)15-12-3-4-13(11-12)16(15)18/h12-16H,2-11,18H2,1H3/t12-,13-,15-,16+/m0/s1. The number of rotatable bonds is 6. The molecule has 5 nitrogen and oxygen atoms in total. The maximum absolute atomic E-state index is 12.8. The summed E-state index contributed by atoms with van der Waals surface area (Å²) in [5, 5.41) is 0. The normalized spacial score (nSPS) is 35.3. The Hall–Kier alpha value is -0.650. The molecule has 0 unspecified atom stereocenters. The van der Waals surface area contributed by atoms with E-state index in [1.165, 1.54) is 19.3 Å². The zero-order chi connectivity index (χ0) is 15.5. The summed E-state index contributed by atoms with van der Waals surface area (Å²) in [7, 11) is 1.71. The van der Waals surface area contributed by atoms with Crippen LogP contribution in [0, 0.1) is 17.8 Å². The summed E-state index contributed by atoms with van der Waals surface area (Å²) in [6, 6.07) is 0.106. The summed E-state index contributed by atoms with van der Waals surface area (Å²) in [6.45, 7) is 3.16. The van der Waals surface area contributed by atoms with E-state index in [9.17, 15) is 4.79 Å². The van der Waals surface area contributed by atoms with Crippen molar-refractivity contribution >= 4 is 5.91 Å². The molecule has 3 fully saturated rings. The quantitative estimate of drug-likeness (QED) is 0.753. The smallest absolute Gasteiger partial charge is 0.227 e. The molecule has 1 aliphatic heterocycles. The average molecular weight is 310 g/mol. The Bertz CT molecular complexity index is 380. The van der Waals surface area contributed by atoms with Gasteiger partial charge in [-0.3, -0.25) is 4.79 Å². The van der Waals surface area contributed by atoms with Gasteiger partial charge in [0.05, 0.1) is 12.0 Å². The van der Waals surface area contributed by atoms with Gasteiger partial charge in [0.15, 0.2) is 0 Å². The molecule has 1 saturated heterocycles. The molecule has 1 amide bonds. The predicted octanol–water partition coefficient (Wildman–Crippen LogP) is 1.40. The topological polar surface area (TPSA) is 64.8 Å². The summed E-state index contributed by atoms with van der Waals surface area (Å²) in [6.07, 6.45) is 6.76. The zero-order valence-electron chi connectivity index (χ0n) is 13.7. The van der Waals surface area contributed by atoms with Crippen LogP contribution in [-0.4, -0.2) is 56.4 Å². The van der Waals surface area contributed by atoms with Gasteiger partial charge in [-0.15, -0.1) is 0 Å². The third-order valence-electron chi connectivity index (χ3n) is 5.87. The largest absolute Gasteiger partial charge is 0.385 e. The molecule has 3 aliphatic rings. The number of hydrogen-bond acceptors (Lipinski definition) is 4. The van der Waals surface area contributed by atoms with Gasteiger partial charge in [0.2, 0.25) is 5.91 Å². The van der Waals surface area contributed by atoms with Gasteiger partial charge in [0, 0.05) is 39.5 Å². The van der Waals surface area contributed by atoms with Gasteiger partial charge < -0.3 is 20.1 Å². The molecule has 2 saturated carbocycles. The van der Waals surface area contributed by atoms with Gasteiger partial charge in [-0.05, 0) is 50.4 Å². The number of carbonyl (C=O) groups excluding carboxylic acids is 1. The van der Waals surface area contributed by atoms with Crippen LogP contribution in [0.2, 0.25) is 0 Å². The molecule has 0 aromatic carbocycles. The minimum absolute atomic E-state index is 0.0953. The molecular weight excluding hydrogens is 280 g/mol. The summed E-state index contributed by atoms with van der Waals surface area (Å²) in [5.74, 6) is 1.56. The lowest BCUT2D eigenvalue weighted by molar-refractivity contribution is -0.140. The zero-order valence-corrected chi connectivity index (χ0v) is 13.7. The van der Waals surface area contributed by atoms with Crippen LogP contribution in [0.5, 0.6) is 0 Å². The number of amides is 1. The highest BCUT2D eigenvalue weighted by Gasteiger charge is 2.50. The minimum Gasteiger partial charge on any atom is -0.385 e. The molecule has 2 bridgehead atoms. The van der Waals surface area contributed by atoms with Crippen LogP contribution >= 0.6 is 0 Å². The SMILES string of the molecule is COCCCOC1CCN(C(=O)[C@H]2[C@H]3CC[C@@H](C3)[C@H]2N)CC1. The van der Waals surface area contributed by atoms with Crippen molar-refractivity contribution in [3.05, 3.63) is 0 Å². The van der Waals surface area contributed by atoms with E-state index in [1.54, 1.807) is 7.11 Å². The van der Waals surface area contributed by atoms with Crippen LogP contribution in [0.1, 0.15) is 38.5 Å². The van der Waals surface area contributed by atoms with Crippen molar-refractivity contribution in [2.45, 2.75) is 50.7 Å². The van der Waals surface area contributed by atoms with Crippen LogP contribution in [0.15, 0.2) is 0 Å². The first-order valence-electron chi connectivity index (χ1n) is 8.85. The number of piperidine rings is 1. The van der Waals surface area contributed by atoms with Crippen molar-refractivity contribution in [3.63, 3.8) is 0 Å². The van der Waals surface area contributed by atoms with Crippen LogP contribution in [0.4, 0.5) is 0 Å². The lowest BCUT2D eigenvalue weighted by Crippen LogP contribution is -2.50. The van der Waals surface area contributed by atoms with E-state index in [2.05, 4.69) is 0 Å². The van der Waals surface area contributed by atoms with Crippen molar-refractivity contribution in [2.75, 3.05) is 33.4 Å². The van der Waals surface area contributed by atoms with Crippen molar-refractivity contribution in [3.8, 4) is 0 Å². The highest BCUT2D eigenvalue weighted by Crippen LogP contribution is 2.48. The fraction of sp³-hybridized carbons (Fsp3) is 0.941. The first-order chi connectivity index (χ1) is 10.7. The Balaban J connectivity index is 1.42. The van der Waals surface area contributed by atoms with Gasteiger partial charge in [0.1, 0.15) is 0 Å². The highest BCUT2D eigenvalue weighted by molar-refractivity contribution is 5.80. The van der Waals surface area contributed by atoms with Gasteiger partial charge in [-0.1, -0.05) is 0 Å². The van der Waals surface area contributed by atoms with E-state index in [1.807, 2.05) is 4.90 Å². The molecular formula is C17H30N2O3. The second-order valence-electron chi connectivity index (χ2n) is 7.18. The number of hydrogen-bond donors (Lipinski definition) is 1. The molecule has 4 atom stereocenters. The first-order valence-corrected chi connectivity index (χ1v) is 8.85. The van der Waals surface area contributed by atoms with E-state index in [4.69, 9.17) is 15.2 Å².